The van der Waals surface area contributed by atoms with Crippen molar-refractivity contribution < 1.29 is 9.84 Å². The van der Waals surface area contributed by atoms with Crippen LogP contribution in [0.1, 0.15) is 30.9 Å². The number of methoxy groups -OCH3 is 1. The molecule has 0 heterocycles. The minimum Gasteiger partial charge on any atom is -0.496 e. The molecule has 0 unspecified atom stereocenters. The Balaban J connectivity index is 1.93. The Kier molecular flexibility index (Phi) is 4.01. The minimum absolute atomic E-state index is 0.0375. The van der Waals surface area contributed by atoms with E-state index in [0.29, 0.717) is 0 Å². The molecular weight excluding hydrogens is 308 g/mol. The maximum Gasteiger partial charge on any atom is 0.126 e. The van der Waals surface area contributed by atoms with Crippen LogP contribution in [-0.2, 0) is 11.8 Å². The first-order valence-corrected chi connectivity index (χ1v) is 9.02. The van der Waals surface area contributed by atoms with Gasteiger partial charge in [0.1, 0.15) is 5.75 Å². The molecular formula is C23H24O2. The molecule has 1 fully saturated rings. The van der Waals surface area contributed by atoms with E-state index in [1.165, 1.54) is 27.5 Å². The Morgan fingerprint density at radius 1 is 0.960 bits per heavy atom. The third kappa shape index (κ3) is 2.71. The number of ether oxygens (including phenoxy) is 1. The molecule has 128 valence electrons. The number of hydrogen-bond acceptors (Lipinski definition) is 2. The zero-order valence-electron chi connectivity index (χ0n) is 14.9. The van der Waals surface area contributed by atoms with Crippen LogP contribution in [0, 0.1) is 0 Å². The molecule has 2 heteroatoms. The van der Waals surface area contributed by atoms with Crippen LogP contribution in [0.15, 0.2) is 54.6 Å². The predicted octanol–water partition coefficient (Wildman–Crippen LogP) is 5.10. The average Bonchev–Trinajstić information content (AvgIpc) is 3.47. The maximum absolute atomic E-state index is 9.81. The molecule has 0 bridgehead atoms. The largest absolute Gasteiger partial charge is 0.496 e. The second-order valence-corrected chi connectivity index (χ2v) is 7.06. The summed E-state index contributed by atoms with van der Waals surface area (Å²) in [5, 5.41) is 12.3. The van der Waals surface area contributed by atoms with Crippen LogP contribution < -0.4 is 4.74 Å². The zero-order valence-corrected chi connectivity index (χ0v) is 14.9. The summed E-state index contributed by atoms with van der Waals surface area (Å²) in [7, 11) is 1.73. The zero-order chi connectivity index (χ0) is 17.4. The summed E-state index contributed by atoms with van der Waals surface area (Å²) in [6.07, 6.45) is 3.10. The lowest BCUT2D eigenvalue weighted by Crippen LogP contribution is -2.12. The molecule has 3 aromatic rings. The van der Waals surface area contributed by atoms with Crippen LogP contribution in [-0.4, -0.2) is 18.8 Å². The van der Waals surface area contributed by atoms with Crippen LogP contribution in [0.25, 0.3) is 21.9 Å². The second-order valence-electron chi connectivity index (χ2n) is 7.06. The Labute approximate surface area is 149 Å². The Morgan fingerprint density at radius 2 is 1.68 bits per heavy atom. The topological polar surface area (TPSA) is 29.5 Å². The van der Waals surface area contributed by atoms with Gasteiger partial charge in [0.05, 0.1) is 13.7 Å². The number of hydrogen-bond donors (Lipinski definition) is 1. The Morgan fingerprint density at radius 3 is 2.28 bits per heavy atom. The molecule has 0 atom stereocenters. The van der Waals surface area contributed by atoms with Crippen molar-refractivity contribution in [3.05, 3.63) is 65.7 Å². The molecule has 25 heavy (non-hydrogen) atoms. The lowest BCUT2D eigenvalue weighted by atomic mass is 9.89. The molecule has 1 N–H and O–H groups in total. The summed E-state index contributed by atoms with van der Waals surface area (Å²) in [5.41, 5.74) is 4.87. The van der Waals surface area contributed by atoms with Crippen molar-refractivity contribution in [2.75, 3.05) is 13.7 Å². The van der Waals surface area contributed by atoms with Crippen molar-refractivity contribution in [1.29, 1.82) is 0 Å². The van der Waals surface area contributed by atoms with Gasteiger partial charge in [-0.25, -0.2) is 0 Å². The molecule has 0 aliphatic heterocycles. The summed E-state index contributed by atoms with van der Waals surface area (Å²) in [5.74, 6) is 0.891. The third-order valence-corrected chi connectivity index (χ3v) is 5.61. The first-order valence-electron chi connectivity index (χ1n) is 9.02. The van der Waals surface area contributed by atoms with Gasteiger partial charge in [-0.05, 0) is 64.9 Å². The fourth-order valence-corrected chi connectivity index (χ4v) is 3.77. The van der Waals surface area contributed by atoms with Gasteiger partial charge in [-0.2, -0.15) is 0 Å². The summed E-state index contributed by atoms with van der Waals surface area (Å²) in [4.78, 5) is 0. The number of aliphatic hydroxyl groups is 1. The average molecular weight is 332 g/mol. The van der Waals surface area contributed by atoms with Gasteiger partial charge in [0, 0.05) is 11.0 Å². The van der Waals surface area contributed by atoms with E-state index in [2.05, 4.69) is 61.5 Å². The Bertz CT molecular complexity index is 923. The van der Waals surface area contributed by atoms with Crippen molar-refractivity contribution in [2.45, 2.75) is 31.6 Å². The summed E-state index contributed by atoms with van der Waals surface area (Å²) >= 11 is 0. The van der Waals surface area contributed by atoms with E-state index in [9.17, 15) is 5.11 Å². The lowest BCUT2D eigenvalue weighted by Gasteiger charge is -2.18. The normalized spacial score (nSPS) is 15.3. The van der Waals surface area contributed by atoms with E-state index in [0.717, 1.165) is 30.6 Å². The van der Waals surface area contributed by atoms with Gasteiger partial charge in [-0.1, -0.05) is 43.3 Å². The maximum atomic E-state index is 9.81. The number of rotatable bonds is 5. The van der Waals surface area contributed by atoms with Crippen LogP contribution in [0.4, 0.5) is 0 Å². The van der Waals surface area contributed by atoms with Crippen molar-refractivity contribution in [2.24, 2.45) is 0 Å². The molecule has 0 radical (unpaired) electrons. The molecule has 1 aliphatic rings. The van der Waals surface area contributed by atoms with Crippen molar-refractivity contribution in [3.63, 3.8) is 0 Å². The number of aryl methyl sites for hydroxylation is 1. The van der Waals surface area contributed by atoms with Crippen LogP contribution in [0.5, 0.6) is 5.75 Å². The van der Waals surface area contributed by atoms with Gasteiger partial charge in [0.25, 0.3) is 0 Å². The first-order chi connectivity index (χ1) is 12.2. The molecule has 0 amide bonds. The highest BCUT2D eigenvalue weighted by atomic mass is 16.5. The smallest absolute Gasteiger partial charge is 0.126 e. The first kappa shape index (κ1) is 16.2. The predicted molar refractivity (Wildman–Crippen MR) is 103 cm³/mol. The number of aliphatic hydroxyl groups excluding tert-OH is 1. The van der Waals surface area contributed by atoms with E-state index >= 15 is 0 Å². The van der Waals surface area contributed by atoms with E-state index in [-0.39, 0.29) is 12.0 Å². The fraction of sp³-hybridized carbons (Fsp3) is 0.304. The molecule has 2 nitrogen and oxygen atoms in total. The molecule has 0 spiro atoms. The molecule has 4 rings (SSSR count). The summed E-state index contributed by atoms with van der Waals surface area (Å²) in [6.45, 7) is 2.41. The third-order valence-electron chi connectivity index (χ3n) is 5.61. The van der Waals surface area contributed by atoms with E-state index in [4.69, 9.17) is 4.74 Å². The van der Waals surface area contributed by atoms with Crippen LogP contribution >= 0.6 is 0 Å². The minimum atomic E-state index is -0.0375. The monoisotopic (exact) mass is 332 g/mol. The second kappa shape index (κ2) is 6.20. The van der Waals surface area contributed by atoms with Gasteiger partial charge < -0.3 is 9.84 Å². The Hall–Kier alpha value is -2.32. The summed E-state index contributed by atoms with van der Waals surface area (Å²) in [6, 6.07) is 19.4. The molecule has 3 aromatic carbocycles. The van der Waals surface area contributed by atoms with Gasteiger partial charge in [0.2, 0.25) is 0 Å². The molecule has 0 aromatic heterocycles. The fourth-order valence-electron chi connectivity index (χ4n) is 3.77. The lowest BCUT2D eigenvalue weighted by molar-refractivity contribution is 0.255. The molecule has 0 saturated heterocycles. The van der Waals surface area contributed by atoms with Gasteiger partial charge in [-0.3, -0.25) is 0 Å². The standard InChI is InChI=1S/C23H24O2/c1-3-16-12-17-6-4-5-7-18(17)13-20(16)21-14-19(8-9-22(21)25-2)23(15-24)10-11-23/h4-9,12-14,24H,3,10-11,15H2,1-2H3. The highest BCUT2D eigenvalue weighted by Gasteiger charge is 2.43. The van der Waals surface area contributed by atoms with Crippen molar-refractivity contribution in [1.82, 2.24) is 0 Å². The van der Waals surface area contributed by atoms with Crippen LogP contribution in [0.2, 0.25) is 0 Å². The highest BCUT2D eigenvalue weighted by molar-refractivity contribution is 5.90. The SMILES string of the molecule is CCc1cc2ccccc2cc1-c1cc(C2(CO)CC2)ccc1OC. The molecule has 1 aliphatic carbocycles. The van der Waals surface area contributed by atoms with Crippen LogP contribution in [0.3, 0.4) is 0 Å². The molecule has 1 saturated carbocycles. The summed E-state index contributed by atoms with van der Waals surface area (Å²) < 4.78 is 5.67. The number of fused-ring (bicyclic) bond motifs is 1. The number of benzene rings is 3. The quantitative estimate of drug-likeness (QED) is 0.704. The van der Waals surface area contributed by atoms with E-state index in [1.54, 1.807) is 7.11 Å². The van der Waals surface area contributed by atoms with Gasteiger partial charge in [-0.15, -0.1) is 0 Å². The van der Waals surface area contributed by atoms with E-state index < -0.39 is 0 Å². The van der Waals surface area contributed by atoms with Gasteiger partial charge in [0.15, 0.2) is 0 Å². The van der Waals surface area contributed by atoms with E-state index in [1.807, 2.05) is 0 Å². The van der Waals surface area contributed by atoms with Crippen molar-refractivity contribution in [3.8, 4) is 16.9 Å². The van der Waals surface area contributed by atoms with Crippen molar-refractivity contribution >= 4 is 10.8 Å². The highest BCUT2D eigenvalue weighted by Crippen LogP contribution is 2.49. The van der Waals surface area contributed by atoms with Gasteiger partial charge >= 0.3 is 0 Å².